The van der Waals surface area contributed by atoms with Crippen LogP contribution in [0.2, 0.25) is 0 Å². The van der Waals surface area contributed by atoms with Gasteiger partial charge in [-0.25, -0.2) is 0 Å². The van der Waals surface area contributed by atoms with E-state index in [9.17, 15) is 9.59 Å². The number of carbonyl (C=O) groups excluding carboxylic acids is 2. The van der Waals surface area contributed by atoms with Crippen LogP contribution in [0.1, 0.15) is 47.8 Å². The molecule has 4 heterocycles. The van der Waals surface area contributed by atoms with Crippen molar-refractivity contribution in [3.05, 3.63) is 54.2 Å². The molecule has 0 bridgehead atoms. The number of hydrogen-bond acceptors (Lipinski definition) is 4. The molecule has 26 heavy (non-hydrogen) atoms. The van der Waals surface area contributed by atoms with Gasteiger partial charge in [0.1, 0.15) is 0 Å². The van der Waals surface area contributed by atoms with Gasteiger partial charge in [0, 0.05) is 32.0 Å². The Morgan fingerprint density at radius 1 is 1.08 bits per heavy atom. The first kappa shape index (κ1) is 16.8. The standard InChI is InChI=1S/C20H23N3O3/c24-19(23-12-2-5-17(23)15-7-9-21-10-8-15)16-4-1-11-22(14-16)20(25)18-6-3-13-26-18/h3,6-10,13,16-17H,1-2,4-5,11-12,14H2. The Balaban J connectivity index is 1.46. The Kier molecular flexibility index (Phi) is 4.73. The van der Waals surface area contributed by atoms with E-state index < -0.39 is 0 Å². The number of nitrogens with zero attached hydrogens (tertiary/aromatic N) is 3. The number of hydrogen-bond donors (Lipinski definition) is 0. The molecule has 2 aromatic heterocycles. The van der Waals surface area contributed by atoms with E-state index in [0.29, 0.717) is 18.8 Å². The molecule has 2 aliphatic rings. The molecule has 2 unspecified atom stereocenters. The lowest BCUT2D eigenvalue weighted by Crippen LogP contribution is -2.46. The number of likely N-dealkylation sites (tertiary alicyclic amines) is 2. The minimum atomic E-state index is -0.134. The zero-order chi connectivity index (χ0) is 17.9. The van der Waals surface area contributed by atoms with Gasteiger partial charge in [0.2, 0.25) is 5.91 Å². The minimum absolute atomic E-state index is 0.125. The summed E-state index contributed by atoms with van der Waals surface area (Å²) in [5, 5.41) is 0. The van der Waals surface area contributed by atoms with Crippen LogP contribution in [0, 0.1) is 5.92 Å². The molecule has 6 nitrogen and oxygen atoms in total. The van der Waals surface area contributed by atoms with Gasteiger partial charge in [0.15, 0.2) is 5.76 Å². The van der Waals surface area contributed by atoms with Crippen molar-refractivity contribution in [3.8, 4) is 0 Å². The number of carbonyl (C=O) groups is 2. The first-order chi connectivity index (χ1) is 12.7. The third kappa shape index (κ3) is 3.23. The molecular formula is C20H23N3O3. The Hall–Kier alpha value is -2.63. The van der Waals surface area contributed by atoms with E-state index in [4.69, 9.17) is 4.42 Å². The Morgan fingerprint density at radius 3 is 2.65 bits per heavy atom. The maximum Gasteiger partial charge on any atom is 0.289 e. The average Bonchev–Trinajstić information content (AvgIpc) is 3.39. The van der Waals surface area contributed by atoms with Gasteiger partial charge >= 0.3 is 0 Å². The number of amides is 2. The lowest BCUT2D eigenvalue weighted by Gasteiger charge is -2.35. The van der Waals surface area contributed by atoms with Crippen molar-refractivity contribution in [3.63, 3.8) is 0 Å². The van der Waals surface area contributed by atoms with Crippen molar-refractivity contribution in [2.45, 2.75) is 31.7 Å². The third-order valence-electron chi connectivity index (χ3n) is 5.42. The largest absolute Gasteiger partial charge is 0.459 e. The molecule has 6 heteroatoms. The lowest BCUT2D eigenvalue weighted by atomic mass is 9.95. The molecule has 0 aliphatic carbocycles. The molecule has 2 aliphatic heterocycles. The van der Waals surface area contributed by atoms with Crippen molar-refractivity contribution in [1.82, 2.24) is 14.8 Å². The van der Waals surface area contributed by atoms with Gasteiger partial charge in [-0.3, -0.25) is 14.6 Å². The second kappa shape index (κ2) is 7.32. The number of rotatable bonds is 3. The third-order valence-corrected chi connectivity index (χ3v) is 5.42. The number of pyridine rings is 1. The van der Waals surface area contributed by atoms with Crippen molar-refractivity contribution < 1.29 is 14.0 Å². The fraction of sp³-hybridized carbons (Fsp3) is 0.450. The van der Waals surface area contributed by atoms with Gasteiger partial charge < -0.3 is 14.2 Å². The number of furan rings is 1. The minimum Gasteiger partial charge on any atom is -0.459 e. The molecule has 0 aromatic carbocycles. The van der Waals surface area contributed by atoms with Crippen LogP contribution in [0.25, 0.3) is 0 Å². The van der Waals surface area contributed by atoms with Gasteiger partial charge in [-0.15, -0.1) is 0 Å². The highest BCUT2D eigenvalue weighted by molar-refractivity contribution is 5.92. The SMILES string of the molecule is O=C(c1ccco1)N1CCCC(C(=O)N2CCCC2c2ccncc2)C1. The Bertz CT molecular complexity index is 760. The predicted octanol–water partition coefficient (Wildman–Crippen LogP) is 2.89. The summed E-state index contributed by atoms with van der Waals surface area (Å²) < 4.78 is 5.23. The molecule has 2 amide bonds. The summed E-state index contributed by atoms with van der Waals surface area (Å²) in [4.78, 5) is 33.6. The predicted molar refractivity (Wildman–Crippen MR) is 95.3 cm³/mol. The van der Waals surface area contributed by atoms with Crippen LogP contribution in [0.5, 0.6) is 0 Å². The zero-order valence-corrected chi connectivity index (χ0v) is 14.7. The van der Waals surface area contributed by atoms with E-state index in [-0.39, 0.29) is 23.8 Å². The normalized spacial score (nSPS) is 23.2. The van der Waals surface area contributed by atoms with Gasteiger partial charge in [-0.1, -0.05) is 0 Å². The van der Waals surface area contributed by atoms with Crippen LogP contribution in [0.3, 0.4) is 0 Å². The van der Waals surface area contributed by atoms with E-state index in [1.165, 1.54) is 6.26 Å². The van der Waals surface area contributed by atoms with Crippen molar-refractivity contribution in [1.29, 1.82) is 0 Å². The highest BCUT2D eigenvalue weighted by atomic mass is 16.3. The zero-order valence-electron chi connectivity index (χ0n) is 14.7. The van der Waals surface area contributed by atoms with Crippen molar-refractivity contribution in [2.75, 3.05) is 19.6 Å². The summed E-state index contributed by atoms with van der Waals surface area (Å²) in [6.45, 7) is 1.93. The van der Waals surface area contributed by atoms with E-state index >= 15 is 0 Å². The molecule has 136 valence electrons. The quantitative estimate of drug-likeness (QED) is 0.851. The second-order valence-electron chi connectivity index (χ2n) is 7.04. The van der Waals surface area contributed by atoms with Crippen LogP contribution in [0.15, 0.2) is 47.3 Å². The van der Waals surface area contributed by atoms with Crippen LogP contribution in [-0.2, 0) is 4.79 Å². The maximum absolute atomic E-state index is 13.2. The van der Waals surface area contributed by atoms with Gasteiger partial charge in [-0.05, 0) is 55.5 Å². The van der Waals surface area contributed by atoms with Crippen molar-refractivity contribution >= 4 is 11.8 Å². The van der Waals surface area contributed by atoms with Gasteiger partial charge in [0.05, 0.1) is 18.2 Å². The Labute approximate surface area is 152 Å². The lowest BCUT2D eigenvalue weighted by molar-refractivity contribution is -0.138. The molecule has 0 spiro atoms. The molecule has 2 aromatic rings. The van der Waals surface area contributed by atoms with Crippen LogP contribution >= 0.6 is 0 Å². The first-order valence-corrected chi connectivity index (χ1v) is 9.27. The topological polar surface area (TPSA) is 66.7 Å². The van der Waals surface area contributed by atoms with Crippen molar-refractivity contribution in [2.24, 2.45) is 5.92 Å². The summed E-state index contributed by atoms with van der Waals surface area (Å²) in [5.74, 6) is 0.250. The van der Waals surface area contributed by atoms with Crippen LogP contribution in [0.4, 0.5) is 0 Å². The maximum atomic E-state index is 13.2. The van der Waals surface area contributed by atoms with Crippen LogP contribution in [-0.4, -0.2) is 46.2 Å². The van der Waals surface area contributed by atoms with Gasteiger partial charge in [-0.2, -0.15) is 0 Å². The van der Waals surface area contributed by atoms with Crippen LogP contribution < -0.4 is 0 Å². The van der Waals surface area contributed by atoms with E-state index in [2.05, 4.69) is 4.98 Å². The van der Waals surface area contributed by atoms with Gasteiger partial charge in [0.25, 0.3) is 5.91 Å². The van der Waals surface area contributed by atoms with E-state index in [1.807, 2.05) is 17.0 Å². The summed E-state index contributed by atoms with van der Waals surface area (Å²) in [6, 6.07) is 7.49. The summed E-state index contributed by atoms with van der Waals surface area (Å²) in [7, 11) is 0. The fourth-order valence-corrected chi connectivity index (χ4v) is 4.12. The molecule has 0 saturated carbocycles. The molecule has 0 radical (unpaired) electrons. The monoisotopic (exact) mass is 353 g/mol. The molecule has 2 atom stereocenters. The molecule has 2 fully saturated rings. The summed E-state index contributed by atoms with van der Waals surface area (Å²) in [5.41, 5.74) is 1.14. The van der Waals surface area contributed by atoms with E-state index in [1.54, 1.807) is 29.4 Å². The first-order valence-electron chi connectivity index (χ1n) is 9.27. The molecule has 2 saturated heterocycles. The molecular weight excluding hydrogens is 330 g/mol. The highest BCUT2D eigenvalue weighted by Gasteiger charge is 2.37. The highest BCUT2D eigenvalue weighted by Crippen LogP contribution is 2.34. The summed E-state index contributed by atoms with van der Waals surface area (Å²) in [6.07, 6.45) is 8.74. The smallest absolute Gasteiger partial charge is 0.289 e. The average molecular weight is 353 g/mol. The van der Waals surface area contributed by atoms with E-state index in [0.717, 1.165) is 37.8 Å². The second-order valence-corrected chi connectivity index (χ2v) is 7.04. The fourth-order valence-electron chi connectivity index (χ4n) is 4.12. The summed E-state index contributed by atoms with van der Waals surface area (Å²) >= 11 is 0. The molecule has 4 rings (SSSR count). The Morgan fingerprint density at radius 2 is 1.88 bits per heavy atom. The molecule has 0 N–H and O–H groups in total. The number of piperidine rings is 1. The number of aromatic nitrogens is 1.